The second-order valence-corrected chi connectivity index (χ2v) is 6.71. The molecule has 0 aromatic carbocycles. The van der Waals surface area contributed by atoms with Crippen molar-refractivity contribution in [3.05, 3.63) is 23.0 Å². The summed E-state index contributed by atoms with van der Waals surface area (Å²) in [6.07, 6.45) is 3.69. The van der Waals surface area contributed by atoms with Crippen molar-refractivity contribution in [3.8, 4) is 0 Å². The van der Waals surface area contributed by atoms with Crippen molar-refractivity contribution in [1.29, 1.82) is 0 Å². The van der Waals surface area contributed by atoms with E-state index in [-0.39, 0.29) is 18.4 Å². The molecule has 0 spiro atoms. The van der Waals surface area contributed by atoms with Crippen LogP contribution < -0.4 is 0 Å². The molecule has 3 heterocycles. The Bertz CT molecular complexity index is 825. The first kappa shape index (κ1) is 15.1. The lowest BCUT2D eigenvalue weighted by molar-refractivity contribution is -0.137. The van der Waals surface area contributed by atoms with Gasteiger partial charge >= 0.3 is 5.97 Å². The van der Waals surface area contributed by atoms with Crippen LogP contribution >= 0.6 is 0 Å². The van der Waals surface area contributed by atoms with Crippen molar-refractivity contribution in [1.82, 2.24) is 15.0 Å². The number of carbonyl (C=O) groups is 2. The summed E-state index contributed by atoms with van der Waals surface area (Å²) in [5.74, 6) is -0.626. The summed E-state index contributed by atoms with van der Waals surface area (Å²) in [5, 5.41) is 13.7. The number of hydrogen-bond acceptors (Lipinski definition) is 5. The monoisotopic (exact) mass is 329 g/mol. The Morgan fingerprint density at radius 2 is 2.17 bits per heavy atom. The van der Waals surface area contributed by atoms with E-state index in [2.05, 4.69) is 10.1 Å². The quantitative estimate of drug-likeness (QED) is 0.925. The molecule has 2 aromatic heterocycles. The fourth-order valence-corrected chi connectivity index (χ4v) is 3.54. The molecule has 126 valence electrons. The maximum atomic E-state index is 13.1. The van der Waals surface area contributed by atoms with E-state index in [0.29, 0.717) is 34.8 Å². The van der Waals surface area contributed by atoms with Gasteiger partial charge in [0, 0.05) is 24.2 Å². The van der Waals surface area contributed by atoms with Gasteiger partial charge in [-0.25, -0.2) is 4.98 Å². The van der Waals surface area contributed by atoms with Crippen LogP contribution in [0.5, 0.6) is 0 Å². The number of rotatable bonds is 4. The van der Waals surface area contributed by atoms with Crippen molar-refractivity contribution in [2.24, 2.45) is 0 Å². The van der Waals surface area contributed by atoms with Crippen LogP contribution in [0.1, 0.15) is 59.8 Å². The number of aliphatic carboxylic acids is 1. The fourth-order valence-electron chi connectivity index (χ4n) is 3.54. The highest BCUT2D eigenvalue weighted by Gasteiger charge is 2.34. The molecular weight excluding hydrogens is 310 g/mol. The van der Waals surface area contributed by atoms with Crippen LogP contribution in [0, 0.1) is 6.92 Å². The van der Waals surface area contributed by atoms with E-state index in [4.69, 9.17) is 9.63 Å². The number of aromatic nitrogens is 2. The highest BCUT2D eigenvalue weighted by Crippen LogP contribution is 2.41. The average Bonchev–Trinajstić information content (AvgIpc) is 3.20. The Hall–Kier alpha value is -2.44. The first-order valence-electron chi connectivity index (χ1n) is 8.34. The number of aryl methyl sites for hydroxylation is 1. The highest BCUT2D eigenvalue weighted by molar-refractivity contribution is 6.06. The molecule has 2 fully saturated rings. The van der Waals surface area contributed by atoms with Crippen LogP contribution in [0.4, 0.5) is 0 Å². The molecule has 7 heteroatoms. The molecule has 1 N–H and O–H groups in total. The van der Waals surface area contributed by atoms with Crippen molar-refractivity contribution in [2.75, 3.05) is 6.54 Å². The number of pyridine rings is 1. The van der Waals surface area contributed by atoms with Gasteiger partial charge < -0.3 is 14.5 Å². The third kappa shape index (κ3) is 2.53. The first-order chi connectivity index (χ1) is 11.5. The third-order valence-corrected chi connectivity index (χ3v) is 4.91. The van der Waals surface area contributed by atoms with Gasteiger partial charge in [-0.2, -0.15) is 0 Å². The van der Waals surface area contributed by atoms with Gasteiger partial charge in [-0.1, -0.05) is 5.16 Å². The second kappa shape index (κ2) is 5.58. The van der Waals surface area contributed by atoms with Gasteiger partial charge in [0.1, 0.15) is 0 Å². The standard InChI is InChI=1S/C17H19N3O4/c1-9-15-12(8-13(10-4-5-10)18-16(15)24-19-9)17(23)20-6-2-3-11(20)7-14(21)22/h8,10-11H,2-7H2,1H3,(H,21,22). The predicted molar refractivity (Wildman–Crippen MR) is 84.8 cm³/mol. The fraction of sp³-hybridized carbons (Fsp3) is 0.529. The van der Waals surface area contributed by atoms with Gasteiger partial charge in [0.25, 0.3) is 11.6 Å². The minimum atomic E-state index is -0.876. The lowest BCUT2D eigenvalue weighted by atomic mass is 10.1. The SMILES string of the molecule is Cc1noc2nc(C3CC3)cc(C(=O)N3CCCC3CC(=O)O)c12. The van der Waals surface area contributed by atoms with Gasteiger partial charge in [-0.3, -0.25) is 9.59 Å². The molecule has 1 aliphatic heterocycles. The zero-order chi connectivity index (χ0) is 16.8. The Morgan fingerprint density at radius 3 is 2.88 bits per heavy atom. The highest BCUT2D eigenvalue weighted by atomic mass is 16.5. The van der Waals surface area contributed by atoms with Crippen LogP contribution in [-0.2, 0) is 4.79 Å². The molecule has 1 aliphatic carbocycles. The molecule has 0 bridgehead atoms. The zero-order valence-corrected chi connectivity index (χ0v) is 13.5. The van der Waals surface area contributed by atoms with Crippen LogP contribution in [-0.4, -0.2) is 44.6 Å². The van der Waals surface area contributed by atoms with E-state index in [9.17, 15) is 9.59 Å². The normalized spacial score (nSPS) is 20.7. The summed E-state index contributed by atoms with van der Waals surface area (Å²) in [6, 6.07) is 1.60. The predicted octanol–water partition coefficient (Wildman–Crippen LogP) is 2.49. The van der Waals surface area contributed by atoms with Crippen molar-refractivity contribution in [3.63, 3.8) is 0 Å². The Balaban J connectivity index is 1.75. The van der Waals surface area contributed by atoms with Crippen LogP contribution in [0.3, 0.4) is 0 Å². The van der Waals surface area contributed by atoms with E-state index in [1.54, 1.807) is 11.8 Å². The Kier molecular flexibility index (Phi) is 3.51. The van der Waals surface area contributed by atoms with E-state index >= 15 is 0 Å². The van der Waals surface area contributed by atoms with Crippen molar-refractivity contribution >= 4 is 23.0 Å². The van der Waals surface area contributed by atoms with Gasteiger partial charge in [0.2, 0.25) is 0 Å². The number of amides is 1. The van der Waals surface area contributed by atoms with Gasteiger partial charge in [-0.15, -0.1) is 0 Å². The molecule has 1 amide bonds. The van der Waals surface area contributed by atoms with Gasteiger partial charge in [0.15, 0.2) is 0 Å². The van der Waals surface area contributed by atoms with E-state index in [1.807, 2.05) is 6.07 Å². The molecule has 2 aromatic rings. The smallest absolute Gasteiger partial charge is 0.305 e. The minimum absolute atomic E-state index is 0.0158. The number of likely N-dealkylation sites (tertiary alicyclic amines) is 1. The van der Waals surface area contributed by atoms with Crippen LogP contribution in [0.2, 0.25) is 0 Å². The molecule has 7 nitrogen and oxygen atoms in total. The number of carbonyl (C=O) groups excluding carboxylic acids is 1. The summed E-state index contributed by atoms with van der Waals surface area (Å²) in [4.78, 5) is 30.4. The topological polar surface area (TPSA) is 96.5 Å². The number of carboxylic acid groups (broad SMARTS) is 1. The average molecular weight is 329 g/mol. The minimum Gasteiger partial charge on any atom is -0.481 e. The zero-order valence-electron chi connectivity index (χ0n) is 13.5. The lowest BCUT2D eigenvalue weighted by Gasteiger charge is -2.24. The summed E-state index contributed by atoms with van der Waals surface area (Å²) in [6.45, 7) is 2.38. The van der Waals surface area contributed by atoms with Crippen LogP contribution in [0.25, 0.3) is 11.1 Å². The second-order valence-electron chi connectivity index (χ2n) is 6.71. The third-order valence-electron chi connectivity index (χ3n) is 4.91. The Morgan fingerprint density at radius 1 is 1.38 bits per heavy atom. The van der Waals surface area contributed by atoms with E-state index in [0.717, 1.165) is 31.4 Å². The molecule has 4 rings (SSSR count). The summed E-state index contributed by atoms with van der Waals surface area (Å²) >= 11 is 0. The van der Waals surface area contributed by atoms with E-state index in [1.165, 1.54) is 0 Å². The molecule has 24 heavy (non-hydrogen) atoms. The number of carboxylic acids is 1. The lowest BCUT2D eigenvalue weighted by Crippen LogP contribution is -2.37. The van der Waals surface area contributed by atoms with Gasteiger partial charge in [0.05, 0.1) is 23.1 Å². The summed E-state index contributed by atoms with van der Waals surface area (Å²) in [7, 11) is 0. The number of nitrogens with zero attached hydrogens (tertiary/aromatic N) is 3. The largest absolute Gasteiger partial charge is 0.481 e. The molecule has 1 saturated heterocycles. The molecule has 1 atom stereocenters. The molecule has 2 aliphatic rings. The molecule has 1 saturated carbocycles. The number of fused-ring (bicyclic) bond motifs is 1. The number of hydrogen-bond donors (Lipinski definition) is 1. The maximum absolute atomic E-state index is 13.1. The van der Waals surface area contributed by atoms with E-state index < -0.39 is 5.97 Å². The maximum Gasteiger partial charge on any atom is 0.305 e. The summed E-state index contributed by atoms with van der Waals surface area (Å²) in [5.41, 5.74) is 2.44. The summed E-state index contributed by atoms with van der Waals surface area (Å²) < 4.78 is 5.29. The molecule has 1 unspecified atom stereocenters. The molecule has 0 radical (unpaired) electrons. The first-order valence-corrected chi connectivity index (χ1v) is 8.34. The molecular formula is C17H19N3O4. The van der Waals surface area contributed by atoms with Gasteiger partial charge in [-0.05, 0) is 38.7 Å². The Labute approximate surface area is 138 Å². The van der Waals surface area contributed by atoms with Crippen molar-refractivity contribution in [2.45, 2.75) is 51.0 Å². The van der Waals surface area contributed by atoms with Crippen LogP contribution in [0.15, 0.2) is 10.6 Å². The van der Waals surface area contributed by atoms with Crippen molar-refractivity contribution < 1.29 is 19.2 Å².